The Hall–Kier alpha value is -2.49. The zero-order valence-electron chi connectivity index (χ0n) is 17.5. The van der Waals surface area contributed by atoms with E-state index in [2.05, 4.69) is 39.1 Å². The Morgan fingerprint density at radius 3 is 2.50 bits per heavy atom. The molecule has 0 bridgehead atoms. The molecule has 1 aliphatic heterocycles. The molecule has 0 saturated heterocycles. The smallest absolute Gasteiger partial charge is 0.258 e. The molecule has 2 aromatic carbocycles. The van der Waals surface area contributed by atoms with Gasteiger partial charge >= 0.3 is 0 Å². The number of amides is 1. The maximum atomic E-state index is 13.3. The van der Waals surface area contributed by atoms with Crippen molar-refractivity contribution in [2.75, 3.05) is 11.9 Å². The number of carbonyl (C=O) groups is 1. The van der Waals surface area contributed by atoms with Crippen molar-refractivity contribution in [3.8, 4) is 5.75 Å². The average molecular weight is 381 g/mol. The second kappa shape index (κ2) is 8.68. The number of nitrogens with one attached hydrogen (secondary N) is 1. The van der Waals surface area contributed by atoms with Gasteiger partial charge in [-0.3, -0.25) is 4.79 Å². The van der Waals surface area contributed by atoms with Crippen LogP contribution in [0.5, 0.6) is 5.75 Å². The van der Waals surface area contributed by atoms with Crippen molar-refractivity contribution in [2.45, 2.75) is 65.1 Å². The van der Waals surface area contributed by atoms with Gasteiger partial charge in [0.2, 0.25) is 0 Å². The van der Waals surface area contributed by atoms with Gasteiger partial charge in [0.25, 0.3) is 5.91 Å². The van der Waals surface area contributed by atoms with Crippen LogP contribution in [0.1, 0.15) is 69.3 Å². The number of benzene rings is 2. The second-order valence-corrected chi connectivity index (χ2v) is 7.92. The van der Waals surface area contributed by atoms with Crippen molar-refractivity contribution in [3.63, 3.8) is 0 Å². The Kier molecular flexibility index (Phi) is 6.28. The van der Waals surface area contributed by atoms with Crippen LogP contribution in [-0.4, -0.2) is 23.5 Å². The molecule has 0 fully saturated rings. The van der Waals surface area contributed by atoms with Crippen LogP contribution in [0.2, 0.25) is 0 Å². The molecule has 28 heavy (non-hydrogen) atoms. The molecule has 4 nitrogen and oxygen atoms in total. The highest BCUT2D eigenvalue weighted by atomic mass is 16.5. The maximum Gasteiger partial charge on any atom is 0.258 e. The van der Waals surface area contributed by atoms with Gasteiger partial charge in [-0.2, -0.15) is 0 Å². The highest BCUT2D eigenvalue weighted by Gasteiger charge is 2.45. The van der Waals surface area contributed by atoms with Crippen LogP contribution in [0.25, 0.3) is 0 Å². The fourth-order valence-corrected chi connectivity index (χ4v) is 4.09. The number of rotatable bonds is 8. The van der Waals surface area contributed by atoms with E-state index in [0.29, 0.717) is 12.2 Å². The first-order valence-electron chi connectivity index (χ1n) is 10.4. The van der Waals surface area contributed by atoms with E-state index >= 15 is 0 Å². The van der Waals surface area contributed by atoms with E-state index in [1.807, 2.05) is 47.4 Å². The number of carbonyl (C=O) groups excluding carboxylic acids is 1. The molecular weight excluding hydrogens is 348 g/mol. The standard InChI is InChI=1S/C24H32N2O2/c1-5-6-7-12-17-28-22-16-11-9-14-20(22)24(4)25-21-15-10-8-13-19(21)23(27)26(24)18(2)3/h8-11,13-16,18,25H,5-7,12,17H2,1-4H3. The first kappa shape index (κ1) is 20.2. The van der Waals surface area contributed by atoms with Crippen LogP contribution in [0.4, 0.5) is 5.69 Å². The van der Waals surface area contributed by atoms with E-state index in [1.54, 1.807) is 0 Å². The molecule has 1 atom stereocenters. The van der Waals surface area contributed by atoms with E-state index in [4.69, 9.17) is 4.74 Å². The summed E-state index contributed by atoms with van der Waals surface area (Å²) in [5, 5.41) is 3.63. The Balaban J connectivity index is 1.95. The van der Waals surface area contributed by atoms with Crippen LogP contribution in [-0.2, 0) is 5.66 Å². The normalized spacial score (nSPS) is 18.8. The molecule has 0 saturated carbocycles. The Bertz CT molecular complexity index is 818. The zero-order chi connectivity index (χ0) is 20.1. The summed E-state index contributed by atoms with van der Waals surface area (Å²) in [7, 11) is 0. The lowest BCUT2D eigenvalue weighted by Crippen LogP contribution is -2.58. The molecule has 0 radical (unpaired) electrons. The van der Waals surface area contributed by atoms with E-state index in [0.717, 1.165) is 23.4 Å². The molecule has 150 valence electrons. The Labute approximate surface area is 168 Å². The molecule has 1 N–H and O–H groups in total. The minimum atomic E-state index is -0.681. The van der Waals surface area contributed by atoms with E-state index < -0.39 is 5.66 Å². The van der Waals surface area contributed by atoms with Crippen LogP contribution >= 0.6 is 0 Å². The minimum absolute atomic E-state index is 0.0379. The number of fused-ring (bicyclic) bond motifs is 1. The number of ether oxygens (including phenoxy) is 1. The number of anilines is 1. The zero-order valence-corrected chi connectivity index (χ0v) is 17.5. The summed E-state index contributed by atoms with van der Waals surface area (Å²) < 4.78 is 6.18. The summed E-state index contributed by atoms with van der Waals surface area (Å²) in [6, 6.07) is 15.8. The molecule has 2 aromatic rings. The molecule has 0 aliphatic carbocycles. The maximum absolute atomic E-state index is 13.3. The Morgan fingerprint density at radius 1 is 1.04 bits per heavy atom. The van der Waals surface area contributed by atoms with E-state index in [9.17, 15) is 4.79 Å². The van der Waals surface area contributed by atoms with Gasteiger partial charge < -0.3 is 15.0 Å². The summed E-state index contributed by atoms with van der Waals surface area (Å²) in [5.41, 5.74) is 1.89. The molecule has 0 aromatic heterocycles. The molecule has 3 rings (SSSR count). The second-order valence-electron chi connectivity index (χ2n) is 7.92. The van der Waals surface area contributed by atoms with Gasteiger partial charge in [-0.1, -0.05) is 56.5 Å². The lowest BCUT2D eigenvalue weighted by Gasteiger charge is -2.49. The van der Waals surface area contributed by atoms with Gasteiger partial charge in [-0.05, 0) is 45.4 Å². The summed E-state index contributed by atoms with van der Waals surface area (Å²) in [6.07, 6.45) is 4.67. The van der Waals surface area contributed by atoms with Crippen molar-refractivity contribution in [1.29, 1.82) is 0 Å². The lowest BCUT2D eigenvalue weighted by atomic mass is 9.91. The summed E-state index contributed by atoms with van der Waals surface area (Å²) in [6.45, 7) is 9.08. The first-order valence-corrected chi connectivity index (χ1v) is 10.4. The van der Waals surface area contributed by atoms with Crippen LogP contribution in [0, 0.1) is 0 Å². The van der Waals surface area contributed by atoms with E-state index in [1.165, 1.54) is 19.3 Å². The number of nitrogens with zero attached hydrogens (tertiary/aromatic N) is 1. The highest BCUT2D eigenvalue weighted by Crippen LogP contribution is 2.42. The predicted octanol–water partition coefficient (Wildman–Crippen LogP) is 5.79. The van der Waals surface area contributed by atoms with Crippen LogP contribution in [0.15, 0.2) is 48.5 Å². The number of hydrogen-bond donors (Lipinski definition) is 1. The van der Waals surface area contributed by atoms with Crippen molar-refractivity contribution >= 4 is 11.6 Å². The summed E-state index contributed by atoms with van der Waals surface area (Å²) in [4.78, 5) is 15.3. The number of para-hydroxylation sites is 2. The van der Waals surface area contributed by atoms with Gasteiger partial charge in [-0.15, -0.1) is 0 Å². The summed E-state index contributed by atoms with van der Waals surface area (Å²) >= 11 is 0. The third kappa shape index (κ3) is 3.87. The van der Waals surface area contributed by atoms with Crippen molar-refractivity contribution in [1.82, 2.24) is 4.90 Å². The lowest BCUT2D eigenvalue weighted by molar-refractivity contribution is 0.0426. The van der Waals surface area contributed by atoms with Crippen LogP contribution in [0.3, 0.4) is 0 Å². The molecule has 4 heteroatoms. The van der Waals surface area contributed by atoms with Crippen molar-refractivity contribution in [2.24, 2.45) is 0 Å². The monoisotopic (exact) mass is 380 g/mol. The van der Waals surface area contributed by atoms with Gasteiger partial charge in [0, 0.05) is 17.3 Å². The number of unbranched alkanes of at least 4 members (excludes halogenated alkanes) is 3. The third-order valence-electron chi connectivity index (χ3n) is 5.42. The molecular formula is C24H32N2O2. The minimum Gasteiger partial charge on any atom is -0.493 e. The largest absolute Gasteiger partial charge is 0.493 e. The molecule has 1 aliphatic rings. The Morgan fingerprint density at radius 2 is 1.75 bits per heavy atom. The topological polar surface area (TPSA) is 41.6 Å². The first-order chi connectivity index (χ1) is 13.5. The van der Waals surface area contributed by atoms with Gasteiger partial charge in [0.05, 0.1) is 12.2 Å². The molecule has 1 amide bonds. The molecule has 0 spiro atoms. The highest BCUT2D eigenvalue weighted by molar-refractivity contribution is 6.02. The average Bonchev–Trinajstić information content (AvgIpc) is 2.68. The van der Waals surface area contributed by atoms with E-state index in [-0.39, 0.29) is 11.9 Å². The van der Waals surface area contributed by atoms with Gasteiger partial charge in [0.1, 0.15) is 11.4 Å². The third-order valence-corrected chi connectivity index (χ3v) is 5.42. The molecule has 1 heterocycles. The van der Waals surface area contributed by atoms with Gasteiger partial charge in [0.15, 0.2) is 0 Å². The SMILES string of the molecule is CCCCCCOc1ccccc1C1(C)Nc2ccccc2C(=O)N1C(C)C. The van der Waals surface area contributed by atoms with Crippen LogP contribution < -0.4 is 10.1 Å². The predicted molar refractivity (Wildman–Crippen MR) is 115 cm³/mol. The fourth-order valence-electron chi connectivity index (χ4n) is 4.09. The van der Waals surface area contributed by atoms with Crippen molar-refractivity contribution in [3.05, 3.63) is 59.7 Å². The van der Waals surface area contributed by atoms with Crippen molar-refractivity contribution < 1.29 is 9.53 Å². The quantitative estimate of drug-likeness (QED) is 0.589. The number of hydrogen-bond acceptors (Lipinski definition) is 3. The molecule has 1 unspecified atom stereocenters. The summed E-state index contributed by atoms with van der Waals surface area (Å²) in [5.74, 6) is 0.886. The van der Waals surface area contributed by atoms with Gasteiger partial charge in [-0.25, -0.2) is 0 Å². The fraction of sp³-hybridized carbons (Fsp3) is 0.458.